The Bertz CT molecular complexity index is 2790. The Labute approximate surface area is 483 Å². The van der Waals surface area contributed by atoms with Crippen LogP contribution in [0, 0.1) is 11.8 Å². The second kappa shape index (κ2) is 34.1. The number of carbonyl (C=O) groups excluding carboxylic acids is 10. The van der Waals surface area contributed by atoms with E-state index < -0.39 is 181 Å². The average molecular weight is 1200 g/mol. The fraction of sp³-hybridized carbons (Fsp3) is 0.528. The maximum atomic E-state index is 14.3. The number of rotatable bonds is 36. The fourth-order valence-electron chi connectivity index (χ4n) is 8.64. The molecule has 31 heteroatoms. The van der Waals surface area contributed by atoms with Crippen LogP contribution in [-0.4, -0.2) is 179 Å². The van der Waals surface area contributed by atoms with Crippen molar-refractivity contribution in [1.29, 1.82) is 0 Å². The zero-order valence-electron chi connectivity index (χ0n) is 46.7. The van der Waals surface area contributed by atoms with Crippen LogP contribution in [0.4, 0.5) is 0 Å². The van der Waals surface area contributed by atoms with Crippen molar-refractivity contribution in [3.63, 3.8) is 0 Å². The number of amides is 9. The Hall–Kier alpha value is -8.58. The maximum absolute atomic E-state index is 14.3. The number of carboxylic acids is 3. The minimum atomic E-state index is -4.86. The first kappa shape index (κ1) is 69.7. The van der Waals surface area contributed by atoms with E-state index in [1.165, 1.54) is 12.1 Å². The number of aliphatic carboxylic acids is 3. The number of aldehydes is 1. The summed E-state index contributed by atoms with van der Waals surface area (Å²) in [6, 6.07) is 2.08. The monoisotopic (exact) mass is 1200 g/mol. The molecule has 9 atom stereocenters. The van der Waals surface area contributed by atoms with Crippen LogP contribution in [0.5, 0.6) is 5.75 Å². The smallest absolute Gasteiger partial charge is 0.446 e. The molecule has 0 saturated carbocycles. The summed E-state index contributed by atoms with van der Waals surface area (Å²) in [4.78, 5) is 170. The Morgan fingerprint density at radius 1 is 0.667 bits per heavy atom. The van der Waals surface area contributed by atoms with Crippen molar-refractivity contribution >= 4 is 87.8 Å². The van der Waals surface area contributed by atoms with Crippen LogP contribution in [-0.2, 0) is 85.6 Å². The zero-order chi connectivity index (χ0) is 62.8. The molecule has 0 radical (unpaired) electrons. The van der Waals surface area contributed by atoms with Crippen molar-refractivity contribution < 1.29 is 94.8 Å². The number of nitrogens with zero attached hydrogens (tertiary/aromatic N) is 1. The molecule has 1 heterocycles. The molecule has 1 saturated heterocycles. The summed E-state index contributed by atoms with van der Waals surface area (Å²) in [5, 5.41) is 47.5. The van der Waals surface area contributed by atoms with Crippen LogP contribution < -0.4 is 52.5 Å². The molecule has 9 amide bonds. The van der Waals surface area contributed by atoms with E-state index in [1.54, 1.807) is 44.2 Å². The van der Waals surface area contributed by atoms with Gasteiger partial charge in [-0.1, -0.05) is 76.6 Å². The third-order valence-electron chi connectivity index (χ3n) is 13.1. The Morgan fingerprint density at radius 2 is 1.18 bits per heavy atom. The summed E-state index contributed by atoms with van der Waals surface area (Å²) in [5.74, 6) is -13.4. The largest absolute Gasteiger partial charge is 0.481 e. The number of hydrogen-bond acceptors (Lipinski definition) is 17. The molecule has 0 aromatic heterocycles. The van der Waals surface area contributed by atoms with Crippen LogP contribution in [0.1, 0.15) is 96.6 Å². The molecular formula is C53H74N10O20S. The van der Waals surface area contributed by atoms with Crippen molar-refractivity contribution in [3.05, 3.63) is 65.7 Å². The van der Waals surface area contributed by atoms with Gasteiger partial charge in [0.2, 0.25) is 53.2 Å². The van der Waals surface area contributed by atoms with Gasteiger partial charge in [-0.3, -0.25) is 62.1 Å². The molecule has 84 heavy (non-hydrogen) atoms. The molecule has 14 N–H and O–H groups in total. The summed E-state index contributed by atoms with van der Waals surface area (Å²) < 4.78 is 35.7. The lowest BCUT2D eigenvalue weighted by Crippen LogP contribution is -2.59. The van der Waals surface area contributed by atoms with Crippen LogP contribution >= 0.6 is 0 Å². The Kier molecular flexibility index (Phi) is 28.3. The lowest BCUT2D eigenvalue weighted by molar-refractivity contribution is -0.143. The molecule has 1 aliphatic rings. The molecule has 30 nitrogen and oxygen atoms in total. The van der Waals surface area contributed by atoms with Crippen molar-refractivity contribution in [2.45, 2.75) is 147 Å². The van der Waals surface area contributed by atoms with Gasteiger partial charge in [0.15, 0.2) is 0 Å². The molecule has 3 rings (SSSR count). The Morgan fingerprint density at radius 3 is 1.69 bits per heavy atom. The van der Waals surface area contributed by atoms with E-state index in [-0.39, 0.29) is 50.3 Å². The molecule has 0 spiro atoms. The number of benzene rings is 2. The summed E-state index contributed by atoms with van der Waals surface area (Å²) in [6.45, 7) is 5.30. The van der Waals surface area contributed by atoms with Crippen LogP contribution in [0.3, 0.4) is 0 Å². The van der Waals surface area contributed by atoms with E-state index in [4.69, 9.17) is 15.4 Å². The molecule has 462 valence electrons. The minimum absolute atomic E-state index is 0.00685. The number of carboxylic acid groups (broad SMARTS) is 3. The van der Waals surface area contributed by atoms with Gasteiger partial charge in [-0.25, -0.2) is 0 Å². The Balaban J connectivity index is 1.75. The summed E-state index contributed by atoms with van der Waals surface area (Å²) >= 11 is 0. The predicted octanol–water partition coefficient (Wildman–Crippen LogP) is -2.39. The number of hydrogen-bond donors (Lipinski definition) is 13. The summed E-state index contributed by atoms with van der Waals surface area (Å²) in [7, 11) is -4.86. The number of likely N-dealkylation sites (tertiary alicyclic amines) is 1. The van der Waals surface area contributed by atoms with Gasteiger partial charge >= 0.3 is 28.3 Å². The average Bonchev–Trinajstić information content (AvgIpc) is 3.66. The highest BCUT2D eigenvalue weighted by molar-refractivity contribution is 7.81. The van der Waals surface area contributed by atoms with Crippen molar-refractivity contribution in [2.24, 2.45) is 17.6 Å². The normalized spacial score (nSPS) is 15.8. The second-order valence-electron chi connectivity index (χ2n) is 20.4. The molecule has 2 aromatic carbocycles. The highest BCUT2D eigenvalue weighted by Crippen LogP contribution is 2.22. The number of nitrogens with one attached hydrogen (secondary N) is 8. The molecule has 0 unspecified atom stereocenters. The quantitative estimate of drug-likeness (QED) is 0.0250. The SMILES string of the molecule is CC[C@H](C)[C@H](NC(=O)CNC(=O)[C@H](CCC(=O)O)NC(=O)[C@H](Cc1ccccc1)NC(=O)[C@@H](N)CC(=O)O)C(=O)N1CCC[C@H]1C(=O)N[C@@H](CCC(=O)O)C(=O)NCC(=O)N[C@@H](Cc1ccc(OS(=O)(=O)O)cc1)C(=O)N[C@H](C=O)CC(C)C. The van der Waals surface area contributed by atoms with Gasteiger partial charge < -0.3 is 77.5 Å². The zero-order valence-corrected chi connectivity index (χ0v) is 47.5. The molecule has 2 aromatic rings. The van der Waals surface area contributed by atoms with Gasteiger partial charge in [0.25, 0.3) is 0 Å². The van der Waals surface area contributed by atoms with E-state index in [1.807, 2.05) is 13.8 Å². The highest BCUT2D eigenvalue weighted by Gasteiger charge is 2.41. The fourth-order valence-corrected chi connectivity index (χ4v) is 8.99. The van der Waals surface area contributed by atoms with Crippen LogP contribution in [0.25, 0.3) is 0 Å². The predicted molar refractivity (Wildman–Crippen MR) is 294 cm³/mol. The lowest BCUT2D eigenvalue weighted by atomic mass is 9.97. The molecule has 1 fully saturated rings. The first-order valence-corrected chi connectivity index (χ1v) is 28.2. The van der Waals surface area contributed by atoms with E-state index in [0.29, 0.717) is 23.8 Å². The highest BCUT2D eigenvalue weighted by atomic mass is 32.3. The topological polar surface area (TPSA) is 472 Å². The van der Waals surface area contributed by atoms with Gasteiger partial charge in [-0.2, -0.15) is 8.42 Å². The van der Waals surface area contributed by atoms with Gasteiger partial charge in [-0.15, -0.1) is 0 Å². The van der Waals surface area contributed by atoms with Gasteiger partial charge in [0.1, 0.15) is 48.3 Å². The van der Waals surface area contributed by atoms with Crippen LogP contribution in [0.2, 0.25) is 0 Å². The number of nitrogens with two attached hydrogens (primary N) is 1. The van der Waals surface area contributed by atoms with Crippen molar-refractivity contribution in [3.8, 4) is 5.75 Å². The first-order valence-electron chi connectivity index (χ1n) is 26.8. The maximum Gasteiger partial charge on any atom is 0.446 e. The summed E-state index contributed by atoms with van der Waals surface area (Å²) in [6.07, 6.45) is -2.08. The number of carbonyl (C=O) groups is 13. The minimum Gasteiger partial charge on any atom is -0.481 e. The lowest BCUT2D eigenvalue weighted by Gasteiger charge is -2.32. The summed E-state index contributed by atoms with van der Waals surface area (Å²) in [5.41, 5.74) is 6.59. The van der Waals surface area contributed by atoms with E-state index in [0.717, 1.165) is 17.0 Å². The standard InChI is InChI=1S/C53H74N10O20S/c1-5-30(4)46(62-42(66)27-56-48(74)36(17-19-43(67)68)59-51(77)39(23-31-10-7-6-8-11-31)61-47(73)35(54)25-45(71)72)53(79)63-21-9-12-40(63)52(78)60-37(18-20-44(69)70)49(75)55-26-41(65)58-38(50(76)57-33(28-64)22-29(2)3)24-32-13-15-34(16-14-32)83-84(80,81)82/h6-8,10-11,13-16,28-30,33,35-40,46H,5,9,12,17-27,54H2,1-4H3,(H,55,75)(H,56,74)(H,57,76)(H,58,65)(H,59,77)(H,60,78)(H,61,73)(H,62,66)(H,67,68)(H,69,70)(H,71,72)(H,80,81,82)/t30-,33-,35-,36-,37-,38-,39-,40-,46-/m0/s1. The van der Waals surface area contributed by atoms with Gasteiger partial charge in [-0.05, 0) is 67.2 Å². The molecule has 0 bridgehead atoms. The van der Waals surface area contributed by atoms with Gasteiger partial charge in [0, 0.05) is 32.2 Å². The third-order valence-corrected chi connectivity index (χ3v) is 13.5. The second-order valence-corrected chi connectivity index (χ2v) is 21.4. The van der Waals surface area contributed by atoms with Gasteiger partial charge in [0.05, 0.1) is 31.6 Å². The first-order chi connectivity index (χ1) is 39.5. The third kappa shape index (κ3) is 24.9. The molecule has 1 aliphatic heterocycles. The van der Waals surface area contributed by atoms with E-state index >= 15 is 0 Å². The molecule has 0 aliphatic carbocycles. The van der Waals surface area contributed by atoms with Crippen molar-refractivity contribution in [1.82, 2.24) is 47.4 Å². The molecular weight excluding hydrogens is 1130 g/mol. The van der Waals surface area contributed by atoms with E-state index in [9.17, 15) is 81.0 Å². The van der Waals surface area contributed by atoms with Crippen molar-refractivity contribution in [2.75, 3.05) is 19.6 Å². The van der Waals surface area contributed by atoms with E-state index in [2.05, 4.69) is 46.7 Å². The van der Waals surface area contributed by atoms with Crippen LogP contribution in [0.15, 0.2) is 54.6 Å².